The van der Waals surface area contributed by atoms with E-state index in [2.05, 4.69) is 4.98 Å². The van der Waals surface area contributed by atoms with Crippen molar-refractivity contribution in [3.8, 4) is 0 Å². The molecule has 0 spiro atoms. The Bertz CT molecular complexity index is 320. The molecule has 0 bridgehead atoms. The van der Waals surface area contributed by atoms with Crippen LogP contribution in [0, 0.1) is 4.77 Å². The minimum Gasteiger partial charge on any atom is -0.391 e. The monoisotopic (exact) mass is 171 g/mol. The highest BCUT2D eigenvalue weighted by molar-refractivity contribution is 7.71. The van der Waals surface area contributed by atoms with Crippen LogP contribution in [0.1, 0.15) is 5.56 Å². The number of aromatic nitrogens is 2. The van der Waals surface area contributed by atoms with Crippen molar-refractivity contribution in [3.63, 3.8) is 0 Å². The molecule has 5 heteroatoms. The highest BCUT2D eigenvalue weighted by Gasteiger charge is 1.98. The number of aryl methyl sites for hydroxylation is 1. The fraction of sp³-hybridized carbons (Fsp3) is 0.333. The summed E-state index contributed by atoms with van der Waals surface area (Å²) in [4.78, 5) is 3.84. The Hall–Kier alpha value is -0.940. The van der Waals surface area contributed by atoms with Gasteiger partial charge < -0.3 is 15.4 Å². The summed E-state index contributed by atoms with van der Waals surface area (Å²) in [6.45, 7) is -0.109. The first kappa shape index (κ1) is 8.16. The van der Waals surface area contributed by atoms with Crippen LogP contribution in [0.4, 0.5) is 5.82 Å². The summed E-state index contributed by atoms with van der Waals surface area (Å²) in [5, 5.41) is 8.77. The molecule has 1 rings (SSSR count). The molecule has 0 radical (unpaired) electrons. The van der Waals surface area contributed by atoms with E-state index in [9.17, 15) is 0 Å². The fourth-order valence-corrected chi connectivity index (χ4v) is 0.882. The molecule has 4 nitrogen and oxygen atoms in total. The zero-order chi connectivity index (χ0) is 8.43. The highest BCUT2D eigenvalue weighted by atomic mass is 32.1. The molecule has 0 saturated carbocycles. The molecule has 11 heavy (non-hydrogen) atoms. The van der Waals surface area contributed by atoms with Crippen LogP contribution in [-0.4, -0.2) is 14.7 Å². The van der Waals surface area contributed by atoms with Crippen molar-refractivity contribution in [2.24, 2.45) is 7.05 Å². The molecular formula is C6H9N3OS. The van der Waals surface area contributed by atoms with E-state index in [1.165, 1.54) is 0 Å². The van der Waals surface area contributed by atoms with E-state index in [1.807, 2.05) is 0 Å². The number of rotatable bonds is 1. The Balaban J connectivity index is 3.32. The quantitative estimate of drug-likeness (QED) is 0.593. The number of nitrogens with zero attached hydrogens (tertiary/aromatic N) is 2. The third-order valence-corrected chi connectivity index (χ3v) is 1.75. The smallest absolute Gasteiger partial charge is 0.201 e. The first-order chi connectivity index (χ1) is 5.15. The standard InChI is InChI=1S/C6H9N3OS/c1-9-2-4(3-10)5(7)8-6(9)11/h2,10H,3H2,1H3,(H2,7,8,11). The van der Waals surface area contributed by atoms with Crippen LogP contribution >= 0.6 is 12.2 Å². The Morgan fingerprint density at radius 1 is 1.82 bits per heavy atom. The number of aliphatic hydroxyl groups excluding tert-OH is 1. The molecule has 1 heterocycles. The van der Waals surface area contributed by atoms with Gasteiger partial charge >= 0.3 is 0 Å². The van der Waals surface area contributed by atoms with Crippen molar-refractivity contribution in [1.82, 2.24) is 9.55 Å². The maximum atomic E-state index is 8.77. The molecule has 0 aromatic carbocycles. The number of nitrogens with two attached hydrogens (primary N) is 1. The lowest BCUT2D eigenvalue weighted by Gasteiger charge is -2.03. The van der Waals surface area contributed by atoms with Crippen LogP contribution < -0.4 is 5.73 Å². The number of nitrogen functional groups attached to an aromatic ring is 1. The van der Waals surface area contributed by atoms with Crippen LogP contribution in [-0.2, 0) is 13.7 Å². The van der Waals surface area contributed by atoms with E-state index < -0.39 is 0 Å². The summed E-state index contributed by atoms with van der Waals surface area (Å²) in [5.41, 5.74) is 6.05. The molecule has 0 aliphatic rings. The lowest BCUT2D eigenvalue weighted by atomic mass is 10.3. The van der Waals surface area contributed by atoms with Crippen molar-refractivity contribution in [3.05, 3.63) is 16.5 Å². The minimum absolute atomic E-state index is 0.109. The number of aliphatic hydroxyl groups is 1. The van der Waals surface area contributed by atoms with Gasteiger partial charge in [-0.2, -0.15) is 0 Å². The molecular weight excluding hydrogens is 162 g/mol. The Morgan fingerprint density at radius 3 is 3.00 bits per heavy atom. The second kappa shape index (κ2) is 2.98. The van der Waals surface area contributed by atoms with Gasteiger partial charge in [0.2, 0.25) is 4.77 Å². The summed E-state index contributed by atoms with van der Waals surface area (Å²) >= 11 is 4.84. The van der Waals surface area contributed by atoms with Crippen LogP contribution in [0.15, 0.2) is 6.20 Å². The van der Waals surface area contributed by atoms with Gasteiger partial charge in [-0.25, -0.2) is 4.98 Å². The first-order valence-electron chi connectivity index (χ1n) is 3.08. The van der Waals surface area contributed by atoms with Crippen molar-refractivity contribution in [2.45, 2.75) is 6.61 Å². The lowest BCUT2D eigenvalue weighted by molar-refractivity contribution is 0.281. The number of hydrogen-bond acceptors (Lipinski definition) is 4. The van der Waals surface area contributed by atoms with Gasteiger partial charge in [-0.05, 0) is 12.2 Å². The summed E-state index contributed by atoms with van der Waals surface area (Å²) in [5.74, 6) is 0.301. The molecule has 0 saturated heterocycles. The normalized spacial score (nSPS) is 10.0. The Morgan fingerprint density at radius 2 is 2.45 bits per heavy atom. The molecule has 0 aliphatic heterocycles. The van der Waals surface area contributed by atoms with E-state index in [0.29, 0.717) is 16.2 Å². The molecule has 0 fully saturated rings. The van der Waals surface area contributed by atoms with Crippen LogP contribution in [0.5, 0.6) is 0 Å². The summed E-state index contributed by atoms with van der Waals surface area (Å²) in [7, 11) is 1.76. The van der Waals surface area contributed by atoms with Gasteiger partial charge in [0.15, 0.2) is 0 Å². The average Bonchev–Trinajstić information content (AvgIpc) is 1.97. The van der Waals surface area contributed by atoms with Crippen molar-refractivity contribution < 1.29 is 5.11 Å². The lowest BCUT2D eigenvalue weighted by Crippen LogP contribution is -2.04. The van der Waals surface area contributed by atoms with Crippen LogP contribution in [0.25, 0.3) is 0 Å². The Labute approximate surface area is 69.3 Å². The summed E-state index contributed by atoms with van der Waals surface area (Å²) in [6.07, 6.45) is 1.67. The minimum atomic E-state index is -0.109. The van der Waals surface area contributed by atoms with Crippen LogP contribution in [0.2, 0.25) is 0 Å². The molecule has 3 N–H and O–H groups in total. The van der Waals surface area contributed by atoms with E-state index in [-0.39, 0.29) is 6.61 Å². The molecule has 1 aromatic rings. The predicted molar refractivity (Wildman–Crippen MR) is 44.4 cm³/mol. The third kappa shape index (κ3) is 1.55. The second-order valence-corrected chi connectivity index (χ2v) is 2.57. The summed E-state index contributed by atoms with van der Waals surface area (Å²) in [6, 6.07) is 0. The molecule has 0 atom stereocenters. The molecule has 0 amide bonds. The molecule has 60 valence electrons. The third-order valence-electron chi connectivity index (χ3n) is 1.37. The van der Waals surface area contributed by atoms with Gasteiger partial charge in [0.05, 0.1) is 6.61 Å². The number of anilines is 1. The predicted octanol–water partition coefficient (Wildman–Crippen LogP) is 0.224. The van der Waals surface area contributed by atoms with Gasteiger partial charge in [-0.15, -0.1) is 0 Å². The first-order valence-corrected chi connectivity index (χ1v) is 3.49. The topological polar surface area (TPSA) is 64.1 Å². The van der Waals surface area contributed by atoms with E-state index in [0.717, 1.165) is 0 Å². The van der Waals surface area contributed by atoms with Gasteiger partial charge in [0, 0.05) is 18.8 Å². The largest absolute Gasteiger partial charge is 0.391 e. The maximum absolute atomic E-state index is 8.77. The number of hydrogen-bond donors (Lipinski definition) is 2. The zero-order valence-electron chi connectivity index (χ0n) is 6.11. The second-order valence-electron chi connectivity index (χ2n) is 2.20. The summed E-state index contributed by atoms with van der Waals surface area (Å²) < 4.78 is 2.05. The highest BCUT2D eigenvalue weighted by Crippen LogP contribution is 2.06. The van der Waals surface area contributed by atoms with E-state index in [1.54, 1.807) is 17.8 Å². The van der Waals surface area contributed by atoms with Crippen molar-refractivity contribution in [2.75, 3.05) is 5.73 Å². The SMILES string of the molecule is Cn1cc(CO)c(N)nc1=S. The maximum Gasteiger partial charge on any atom is 0.201 e. The van der Waals surface area contributed by atoms with Crippen LogP contribution in [0.3, 0.4) is 0 Å². The van der Waals surface area contributed by atoms with Gasteiger partial charge in [0.25, 0.3) is 0 Å². The zero-order valence-corrected chi connectivity index (χ0v) is 6.93. The Kier molecular flexibility index (Phi) is 2.21. The average molecular weight is 171 g/mol. The van der Waals surface area contributed by atoms with Gasteiger partial charge in [0.1, 0.15) is 5.82 Å². The van der Waals surface area contributed by atoms with Crippen molar-refractivity contribution in [1.29, 1.82) is 0 Å². The van der Waals surface area contributed by atoms with E-state index in [4.69, 9.17) is 23.1 Å². The van der Waals surface area contributed by atoms with E-state index >= 15 is 0 Å². The van der Waals surface area contributed by atoms with Gasteiger partial charge in [-0.1, -0.05) is 0 Å². The molecule has 0 unspecified atom stereocenters. The van der Waals surface area contributed by atoms with Gasteiger partial charge in [-0.3, -0.25) is 0 Å². The molecule has 1 aromatic heterocycles. The molecule has 0 aliphatic carbocycles. The fourth-order valence-electron chi connectivity index (χ4n) is 0.731. The van der Waals surface area contributed by atoms with Crippen molar-refractivity contribution >= 4 is 18.0 Å².